The molecule has 0 spiro atoms. The summed E-state index contributed by atoms with van der Waals surface area (Å²) in [5.41, 5.74) is 9.37. The second-order valence-electron chi connectivity index (χ2n) is 6.93. The zero-order valence-corrected chi connectivity index (χ0v) is 16.8. The first kappa shape index (κ1) is 19.6. The zero-order chi connectivity index (χ0) is 21.3. The van der Waals surface area contributed by atoms with E-state index in [0.717, 1.165) is 16.7 Å². The predicted molar refractivity (Wildman–Crippen MR) is 113 cm³/mol. The van der Waals surface area contributed by atoms with E-state index >= 15 is 0 Å². The lowest BCUT2D eigenvalue weighted by atomic mass is 9.83. The van der Waals surface area contributed by atoms with Gasteiger partial charge in [0.1, 0.15) is 23.1 Å². The standard InChI is InChI=1S/C24H17ClN2O3/c1-14-5-7-15(8-6-14)24(28)29-18-9-10-19-21(12-18)30-23(27)20(13-26)22(19)16-3-2-4-17(25)11-16/h2-12,22H,27H2,1H3. The second-order valence-corrected chi connectivity index (χ2v) is 7.37. The summed E-state index contributed by atoms with van der Waals surface area (Å²) in [5, 5.41) is 10.2. The van der Waals surface area contributed by atoms with E-state index in [1.54, 1.807) is 42.5 Å². The van der Waals surface area contributed by atoms with Crippen molar-refractivity contribution in [1.29, 1.82) is 5.26 Å². The van der Waals surface area contributed by atoms with Gasteiger partial charge >= 0.3 is 5.97 Å². The Morgan fingerprint density at radius 2 is 1.90 bits per heavy atom. The second kappa shape index (κ2) is 7.94. The van der Waals surface area contributed by atoms with Crippen molar-refractivity contribution >= 4 is 17.6 Å². The predicted octanol–water partition coefficient (Wildman–Crippen LogP) is 5.09. The molecule has 0 radical (unpaired) electrons. The monoisotopic (exact) mass is 416 g/mol. The molecule has 6 heteroatoms. The minimum absolute atomic E-state index is 0.0111. The molecule has 0 saturated carbocycles. The number of benzene rings is 3. The first-order valence-electron chi connectivity index (χ1n) is 9.22. The van der Waals surface area contributed by atoms with Crippen molar-refractivity contribution in [2.24, 2.45) is 5.73 Å². The zero-order valence-electron chi connectivity index (χ0n) is 16.1. The van der Waals surface area contributed by atoms with Crippen molar-refractivity contribution < 1.29 is 14.3 Å². The van der Waals surface area contributed by atoms with Crippen molar-refractivity contribution in [2.45, 2.75) is 12.8 Å². The number of ether oxygens (including phenoxy) is 2. The van der Waals surface area contributed by atoms with Gasteiger partial charge in [0.25, 0.3) is 0 Å². The maximum atomic E-state index is 12.4. The molecule has 3 aromatic carbocycles. The van der Waals surface area contributed by atoms with Gasteiger partial charge in [-0.2, -0.15) is 5.26 Å². The third kappa shape index (κ3) is 3.73. The Morgan fingerprint density at radius 1 is 1.13 bits per heavy atom. The number of nitrogens with two attached hydrogens (primary N) is 1. The molecule has 0 aliphatic carbocycles. The number of carbonyl (C=O) groups excluding carboxylic acids is 1. The minimum Gasteiger partial charge on any atom is -0.440 e. The highest BCUT2D eigenvalue weighted by Gasteiger charge is 2.31. The van der Waals surface area contributed by atoms with Gasteiger partial charge in [-0.1, -0.05) is 47.5 Å². The number of aryl methyl sites for hydroxylation is 1. The number of nitrogens with zero attached hydrogens (tertiary/aromatic N) is 1. The molecule has 1 heterocycles. The highest BCUT2D eigenvalue weighted by molar-refractivity contribution is 6.30. The van der Waals surface area contributed by atoms with E-state index in [-0.39, 0.29) is 5.88 Å². The quantitative estimate of drug-likeness (QED) is 0.475. The topological polar surface area (TPSA) is 85.3 Å². The lowest BCUT2D eigenvalue weighted by Crippen LogP contribution is -2.21. The summed E-state index contributed by atoms with van der Waals surface area (Å²) in [4.78, 5) is 12.4. The Hall–Kier alpha value is -3.75. The largest absolute Gasteiger partial charge is 0.440 e. The number of hydrogen-bond acceptors (Lipinski definition) is 5. The van der Waals surface area contributed by atoms with Crippen LogP contribution in [-0.2, 0) is 0 Å². The van der Waals surface area contributed by atoms with Crippen LogP contribution in [0.15, 0.2) is 78.2 Å². The van der Waals surface area contributed by atoms with Gasteiger partial charge in [-0.15, -0.1) is 0 Å². The van der Waals surface area contributed by atoms with E-state index in [1.165, 1.54) is 0 Å². The van der Waals surface area contributed by atoms with Crippen LogP contribution >= 0.6 is 11.6 Å². The molecule has 0 fully saturated rings. The highest BCUT2D eigenvalue weighted by Crippen LogP contribution is 2.43. The van der Waals surface area contributed by atoms with Gasteiger partial charge in [0, 0.05) is 16.7 Å². The maximum Gasteiger partial charge on any atom is 0.343 e. The van der Waals surface area contributed by atoms with Gasteiger partial charge in [0.15, 0.2) is 0 Å². The van der Waals surface area contributed by atoms with Crippen LogP contribution in [0.2, 0.25) is 5.02 Å². The van der Waals surface area contributed by atoms with Crippen LogP contribution in [-0.4, -0.2) is 5.97 Å². The molecule has 148 valence electrons. The van der Waals surface area contributed by atoms with Crippen molar-refractivity contribution in [2.75, 3.05) is 0 Å². The van der Waals surface area contributed by atoms with Gasteiger partial charge in [-0.25, -0.2) is 4.79 Å². The summed E-state index contributed by atoms with van der Waals surface area (Å²) in [6.45, 7) is 1.94. The van der Waals surface area contributed by atoms with E-state index in [2.05, 4.69) is 6.07 Å². The van der Waals surface area contributed by atoms with Crippen molar-refractivity contribution in [3.8, 4) is 17.6 Å². The Kier molecular flexibility index (Phi) is 5.18. The molecule has 5 nitrogen and oxygen atoms in total. The Bertz CT molecular complexity index is 1210. The molecular formula is C24H17ClN2O3. The summed E-state index contributed by atoms with van der Waals surface area (Å²) in [7, 11) is 0. The van der Waals surface area contributed by atoms with Gasteiger partial charge in [0.05, 0.1) is 11.5 Å². The number of halogens is 1. The molecule has 1 aliphatic heterocycles. The van der Waals surface area contributed by atoms with E-state index < -0.39 is 11.9 Å². The average Bonchev–Trinajstić information content (AvgIpc) is 2.73. The molecular weight excluding hydrogens is 400 g/mol. The summed E-state index contributed by atoms with van der Waals surface area (Å²) in [5.74, 6) is -0.155. The Morgan fingerprint density at radius 3 is 2.60 bits per heavy atom. The Labute approximate surface area is 178 Å². The highest BCUT2D eigenvalue weighted by atomic mass is 35.5. The fourth-order valence-corrected chi connectivity index (χ4v) is 3.58. The molecule has 1 atom stereocenters. The van der Waals surface area contributed by atoms with Crippen LogP contribution in [0.25, 0.3) is 0 Å². The number of carbonyl (C=O) groups is 1. The summed E-state index contributed by atoms with van der Waals surface area (Å²) in [6.07, 6.45) is 0. The van der Waals surface area contributed by atoms with Crippen molar-refractivity contribution in [3.63, 3.8) is 0 Å². The average molecular weight is 417 g/mol. The third-order valence-corrected chi connectivity index (χ3v) is 5.11. The van der Waals surface area contributed by atoms with E-state index in [9.17, 15) is 10.1 Å². The molecule has 0 bridgehead atoms. The minimum atomic E-state index is -0.474. The molecule has 0 saturated heterocycles. The fourth-order valence-electron chi connectivity index (χ4n) is 3.38. The molecule has 1 unspecified atom stereocenters. The Balaban J connectivity index is 1.69. The van der Waals surface area contributed by atoms with Crippen LogP contribution in [0.4, 0.5) is 0 Å². The molecule has 2 N–H and O–H groups in total. The van der Waals surface area contributed by atoms with Crippen LogP contribution in [0.5, 0.6) is 11.5 Å². The SMILES string of the molecule is Cc1ccc(C(=O)Oc2ccc3c(c2)OC(N)=C(C#N)C3c2cccc(Cl)c2)cc1. The first-order chi connectivity index (χ1) is 14.5. The van der Waals surface area contributed by atoms with Crippen LogP contribution in [0.1, 0.15) is 33.0 Å². The van der Waals surface area contributed by atoms with Crippen LogP contribution in [0, 0.1) is 18.3 Å². The van der Waals surface area contributed by atoms with Crippen molar-refractivity contribution in [1.82, 2.24) is 0 Å². The van der Waals surface area contributed by atoms with Crippen molar-refractivity contribution in [3.05, 3.63) is 105 Å². The van der Waals surface area contributed by atoms with E-state index in [0.29, 0.717) is 27.7 Å². The van der Waals surface area contributed by atoms with Crippen LogP contribution < -0.4 is 15.2 Å². The molecule has 0 aromatic heterocycles. The van der Waals surface area contributed by atoms with Gasteiger partial charge in [-0.3, -0.25) is 0 Å². The molecule has 4 rings (SSSR count). The smallest absolute Gasteiger partial charge is 0.343 e. The first-order valence-corrected chi connectivity index (χ1v) is 9.60. The van der Waals surface area contributed by atoms with Crippen LogP contribution in [0.3, 0.4) is 0 Å². The fraction of sp³-hybridized carbons (Fsp3) is 0.0833. The molecule has 3 aromatic rings. The number of allylic oxidation sites excluding steroid dienone is 1. The number of nitriles is 1. The number of rotatable bonds is 3. The third-order valence-electron chi connectivity index (χ3n) is 4.87. The van der Waals surface area contributed by atoms with Gasteiger partial charge in [0.2, 0.25) is 5.88 Å². The summed E-state index contributed by atoms with van der Waals surface area (Å²) < 4.78 is 11.2. The molecule has 0 amide bonds. The molecule has 30 heavy (non-hydrogen) atoms. The maximum absolute atomic E-state index is 12.4. The normalized spacial score (nSPS) is 15.0. The number of fused-ring (bicyclic) bond motifs is 1. The number of hydrogen-bond donors (Lipinski definition) is 1. The lowest BCUT2D eigenvalue weighted by Gasteiger charge is -2.26. The van der Waals surface area contributed by atoms with E-state index in [4.69, 9.17) is 26.8 Å². The van der Waals surface area contributed by atoms with Gasteiger partial charge in [-0.05, 0) is 42.8 Å². The van der Waals surface area contributed by atoms with E-state index in [1.807, 2.05) is 31.2 Å². The van der Waals surface area contributed by atoms with Gasteiger partial charge < -0.3 is 15.2 Å². The lowest BCUT2D eigenvalue weighted by molar-refractivity contribution is 0.0734. The summed E-state index contributed by atoms with van der Waals surface area (Å²) >= 11 is 6.15. The molecule has 1 aliphatic rings. The number of esters is 1. The summed E-state index contributed by atoms with van der Waals surface area (Å²) in [6, 6.07) is 21.5.